The molecule has 2 aromatic rings. The summed E-state index contributed by atoms with van der Waals surface area (Å²) in [4.78, 5) is 12.0. The Morgan fingerprint density at radius 1 is 1.37 bits per heavy atom. The molecule has 0 saturated carbocycles. The first-order chi connectivity index (χ1) is 12.6. The highest BCUT2D eigenvalue weighted by atomic mass is 35.5. The van der Waals surface area contributed by atoms with Crippen LogP contribution in [0.2, 0.25) is 0 Å². The molecule has 1 saturated heterocycles. The molecule has 0 bridgehead atoms. The van der Waals surface area contributed by atoms with Gasteiger partial charge in [0, 0.05) is 26.1 Å². The van der Waals surface area contributed by atoms with E-state index in [2.05, 4.69) is 20.8 Å². The van der Waals surface area contributed by atoms with E-state index < -0.39 is 0 Å². The van der Waals surface area contributed by atoms with Crippen molar-refractivity contribution in [3.05, 3.63) is 41.5 Å². The van der Waals surface area contributed by atoms with Crippen LogP contribution in [0.15, 0.2) is 29.4 Å². The maximum Gasteiger partial charge on any atom is 0.230 e. The van der Waals surface area contributed by atoms with Crippen molar-refractivity contribution < 1.29 is 9.18 Å². The molecule has 1 aromatic heterocycles. The predicted octanol–water partition coefficient (Wildman–Crippen LogP) is 2.29. The Labute approximate surface area is 169 Å². The summed E-state index contributed by atoms with van der Waals surface area (Å²) in [6.45, 7) is 2.53. The van der Waals surface area contributed by atoms with Crippen molar-refractivity contribution in [1.82, 2.24) is 25.4 Å². The normalized spacial score (nSPS) is 16.6. The van der Waals surface area contributed by atoms with Crippen LogP contribution in [-0.4, -0.2) is 46.1 Å². The summed E-state index contributed by atoms with van der Waals surface area (Å²) in [5.74, 6) is 1.39. The molecule has 2 heterocycles. The lowest BCUT2D eigenvalue weighted by molar-refractivity contribution is -0.118. The van der Waals surface area contributed by atoms with E-state index in [0.29, 0.717) is 24.6 Å². The maximum absolute atomic E-state index is 12.9. The number of rotatable bonds is 7. The highest BCUT2D eigenvalue weighted by Crippen LogP contribution is 2.24. The van der Waals surface area contributed by atoms with E-state index in [1.807, 2.05) is 11.6 Å². The van der Waals surface area contributed by atoms with Crippen molar-refractivity contribution in [3.63, 3.8) is 0 Å². The summed E-state index contributed by atoms with van der Waals surface area (Å²) >= 11 is 1.40. The molecular formula is C18H25ClFN5OS. The second kappa shape index (κ2) is 10.6. The molecular weight excluding hydrogens is 389 g/mol. The molecule has 27 heavy (non-hydrogen) atoms. The number of piperidine rings is 1. The SMILES string of the molecule is Cl.Cn1c(SCC(=O)NCCc2ccc(F)cc2)nnc1C1CCCNC1. The smallest absolute Gasteiger partial charge is 0.230 e. The number of benzene rings is 1. The van der Waals surface area contributed by atoms with Crippen molar-refractivity contribution in [3.8, 4) is 0 Å². The number of aromatic nitrogens is 3. The third-order valence-corrected chi connectivity index (χ3v) is 5.53. The van der Waals surface area contributed by atoms with Crippen molar-refractivity contribution in [2.24, 2.45) is 7.05 Å². The minimum Gasteiger partial charge on any atom is -0.355 e. The second-order valence-electron chi connectivity index (χ2n) is 6.46. The van der Waals surface area contributed by atoms with Gasteiger partial charge >= 0.3 is 0 Å². The van der Waals surface area contributed by atoms with Crippen LogP contribution in [0, 0.1) is 5.82 Å². The quantitative estimate of drug-likeness (QED) is 0.681. The first-order valence-corrected chi connectivity index (χ1v) is 9.86. The maximum atomic E-state index is 12.9. The molecule has 0 aliphatic carbocycles. The van der Waals surface area contributed by atoms with Gasteiger partial charge in [-0.2, -0.15) is 0 Å². The van der Waals surface area contributed by atoms with E-state index in [0.717, 1.165) is 42.5 Å². The Balaban J connectivity index is 0.00000261. The van der Waals surface area contributed by atoms with Crippen LogP contribution in [-0.2, 0) is 18.3 Å². The number of hydrogen-bond acceptors (Lipinski definition) is 5. The van der Waals surface area contributed by atoms with E-state index in [4.69, 9.17) is 0 Å². The minimum absolute atomic E-state index is 0. The molecule has 0 radical (unpaired) electrons. The standard InChI is InChI=1S/C18H24FN5OS.ClH/c1-24-17(14-3-2-9-20-11-14)22-23-18(24)26-12-16(25)21-10-8-13-4-6-15(19)7-5-13;/h4-7,14,20H,2-3,8-12H2,1H3,(H,21,25);1H. The topological polar surface area (TPSA) is 71.8 Å². The van der Waals surface area contributed by atoms with Crippen LogP contribution < -0.4 is 10.6 Å². The lowest BCUT2D eigenvalue weighted by atomic mass is 9.99. The van der Waals surface area contributed by atoms with Gasteiger partial charge in [0.1, 0.15) is 11.6 Å². The van der Waals surface area contributed by atoms with Crippen LogP contribution in [0.4, 0.5) is 4.39 Å². The highest BCUT2D eigenvalue weighted by molar-refractivity contribution is 7.99. The Morgan fingerprint density at radius 2 is 2.15 bits per heavy atom. The van der Waals surface area contributed by atoms with E-state index in [9.17, 15) is 9.18 Å². The molecule has 9 heteroatoms. The van der Waals surface area contributed by atoms with Crippen LogP contribution in [0.3, 0.4) is 0 Å². The van der Waals surface area contributed by atoms with Crippen molar-refractivity contribution in [2.75, 3.05) is 25.4 Å². The van der Waals surface area contributed by atoms with Gasteiger partial charge in [0.05, 0.1) is 5.75 Å². The van der Waals surface area contributed by atoms with Gasteiger partial charge in [-0.25, -0.2) is 4.39 Å². The summed E-state index contributed by atoms with van der Waals surface area (Å²) < 4.78 is 14.9. The molecule has 1 aromatic carbocycles. The lowest BCUT2D eigenvalue weighted by Crippen LogP contribution is -2.30. The van der Waals surface area contributed by atoms with Gasteiger partial charge in [0.2, 0.25) is 5.91 Å². The number of nitrogens with one attached hydrogen (secondary N) is 2. The fourth-order valence-corrected chi connectivity index (χ4v) is 3.81. The molecule has 1 aliphatic rings. The van der Waals surface area contributed by atoms with Gasteiger partial charge in [0.15, 0.2) is 5.16 Å². The predicted molar refractivity (Wildman–Crippen MR) is 107 cm³/mol. The number of halogens is 2. The number of hydrogen-bond donors (Lipinski definition) is 2. The summed E-state index contributed by atoms with van der Waals surface area (Å²) in [5, 5.41) is 15.6. The van der Waals surface area contributed by atoms with E-state index in [1.54, 1.807) is 12.1 Å². The Kier molecular flexibility index (Phi) is 8.53. The van der Waals surface area contributed by atoms with Crippen LogP contribution in [0.5, 0.6) is 0 Å². The zero-order chi connectivity index (χ0) is 18.4. The molecule has 6 nitrogen and oxygen atoms in total. The fourth-order valence-electron chi connectivity index (χ4n) is 3.06. The van der Waals surface area contributed by atoms with Gasteiger partial charge in [-0.1, -0.05) is 23.9 Å². The fraction of sp³-hybridized carbons (Fsp3) is 0.500. The molecule has 1 atom stereocenters. The molecule has 1 aliphatic heterocycles. The van der Waals surface area contributed by atoms with Gasteiger partial charge in [-0.3, -0.25) is 4.79 Å². The first kappa shape index (κ1) is 21.7. The van der Waals surface area contributed by atoms with Gasteiger partial charge in [-0.15, -0.1) is 22.6 Å². The Bertz CT molecular complexity index is 734. The number of carbonyl (C=O) groups excluding carboxylic acids is 1. The minimum atomic E-state index is -0.249. The van der Waals surface area contributed by atoms with Crippen molar-refractivity contribution >= 4 is 30.1 Å². The summed E-state index contributed by atoms with van der Waals surface area (Å²) in [7, 11) is 1.96. The summed E-state index contributed by atoms with van der Waals surface area (Å²) in [5.41, 5.74) is 0.999. The van der Waals surface area contributed by atoms with Crippen molar-refractivity contribution in [2.45, 2.75) is 30.3 Å². The second-order valence-corrected chi connectivity index (χ2v) is 7.40. The average molecular weight is 414 g/mol. The van der Waals surface area contributed by atoms with Crippen LogP contribution in [0.25, 0.3) is 0 Å². The zero-order valence-corrected chi connectivity index (χ0v) is 16.9. The average Bonchev–Trinajstić information content (AvgIpc) is 3.03. The third-order valence-electron chi connectivity index (χ3n) is 4.51. The van der Waals surface area contributed by atoms with E-state index in [-0.39, 0.29) is 24.1 Å². The largest absolute Gasteiger partial charge is 0.355 e. The molecule has 2 N–H and O–H groups in total. The number of carbonyl (C=O) groups is 1. The molecule has 148 valence electrons. The Hall–Kier alpha value is -1.64. The van der Waals surface area contributed by atoms with E-state index >= 15 is 0 Å². The number of thioether (sulfide) groups is 1. The highest BCUT2D eigenvalue weighted by Gasteiger charge is 2.21. The molecule has 3 rings (SSSR count). The first-order valence-electron chi connectivity index (χ1n) is 8.87. The van der Waals surface area contributed by atoms with E-state index in [1.165, 1.54) is 23.9 Å². The van der Waals surface area contributed by atoms with Crippen molar-refractivity contribution in [1.29, 1.82) is 0 Å². The number of amides is 1. The molecule has 1 amide bonds. The summed E-state index contributed by atoms with van der Waals surface area (Å²) in [6.07, 6.45) is 2.95. The third kappa shape index (κ3) is 6.19. The monoisotopic (exact) mass is 413 g/mol. The zero-order valence-electron chi connectivity index (χ0n) is 15.3. The molecule has 1 fully saturated rings. The van der Waals surface area contributed by atoms with Crippen LogP contribution >= 0.6 is 24.2 Å². The van der Waals surface area contributed by atoms with Crippen LogP contribution in [0.1, 0.15) is 30.1 Å². The summed E-state index contributed by atoms with van der Waals surface area (Å²) in [6, 6.07) is 6.33. The van der Waals surface area contributed by atoms with Gasteiger partial charge < -0.3 is 15.2 Å². The Morgan fingerprint density at radius 3 is 2.85 bits per heavy atom. The lowest BCUT2D eigenvalue weighted by Gasteiger charge is -2.21. The number of nitrogens with zero attached hydrogens (tertiary/aromatic N) is 3. The molecule has 1 unspecified atom stereocenters. The molecule has 0 spiro atoms. The van der Waals surface area contributed by atoms with Gasteiger partial charge in [0.25, 0.3) is 0 Å². The van der Waals surface area contributed by atoms with Gasteiger partial charge in [-0.05, 0) is 43.5 Å².